The fourth-order valence-electron chi connectivity index (χ4n) is 1.09. The maximum Gasteiger partial charge on any atom is 0 e. The van der Waals surface area contributed by atoms with E-state index in [1.165, 1.54) is 11.5 Å². The minimum atomic E-state index is 0. The Morgan fingerprint density at radius 1 is 0.667 bits per heavy atom. The average Bonchev–Trinajstić information content (AvgIpc) is 2.74. The van der Waals surface area contributed by atoms with Crippen LogP contribution in [0, 0.1) is 5.92 Å². The molecule has 0 saturated heterocycles. The topological polar surface area (TPSA) is 0 Å². The molecule has 0 radical (unpaired) electrons. The second-order valence-corrected chi connectivity index (χ2v) is 3.33. The van der Waals surface area contributed by atoms with Crippen molar-refractivity contribution in [2.24, 2.45) is 0 Å². The molecule has 2 aromatic carbocycles. The third kappa shape index (κ3) is 6.25. The van der Waals surface area contributed by atoms with E-state index >= 15 is 0 Å². The molecule has 2 rings (SSSR count). The molecule has 0 N–H and O–H groups in total. The molecule has 0 amide bonds. The fourth-order valence-corrected chi connectivity index (χ4v) is 1.09. The van der Waals surface area contributed by atoms with Gasteiger partial charge >= 0.3 is 0 Å². The summed E-state index contributed by atoms with van der Waals surface area (Å²) in [5.74, 6) is 1.38. The van der Waals surface area contributed by atoms with Crippen LogP contribution in [-0.2, 0) is 21.1 Å². The first kappa shape index (κ1) is 14.1. The predicted molar refractivity (Wildman–Crippen MR) is 62.2 cm³/mol. The zero-order valence-corrected chi connectivity index (χ0v) is 11.2. The van der Waals surface area contributed by atoms with E-state index in [1.54, 1.807) is 0 Å². The minimum absolute atomic E-state index is 0. The van der Waals surface area contributed by atoms with Gasteiger partial charge < -0.3 is 5.56 Å². The van der Waals surface area contributed by atoms with E-state index in [2.05, 4.69) is 38.1 Å². The molecule has 0 atom stereocenters. The van der Waals surface area contributed by atoms with Gasteiger partial charge in [-0.05, 0) is 0 Å². The van der Waals surface area contributed by atoms with E-state index in [9.17, 15) is 0 Å². The smallest absolute Gasteiger partial charge is 0 e. The zero-order valence-electron chi connectivity index (χ0n) is 9.18. The van der Waals surface area contributed by atoms with Crippen molar-refractivity contribution in [1.82, 2.24) is 0 Å². The van der Waals surface area contributed by atoms with Crippen molar-refractivity contribution < 1.29 is 21.1 Å². The van der Waals surface area contributed by atoms with Crippen LogP contribution in [0.25, 0.3) is 0 Å². The predicted octanol–water partition coefficient (Wildman–Crippen LogP) is 4.05. The van der Waals surface area contributed by atoms with E-state index in [0.29, 0.717) is 0 Å². The number of benzene rings is 1. The number of hydrogen-bond acceptors (Lipinski definition) is 0. The molecule has 1 heteroatoms. The molecule has 0 heterocycles. The molecule has 0 aliphatic rings. The first-order valence-corrected chi connectivity index (χ1v) is 4.83. The second-order valence-electron chi connectivity index (χ2n) is 3.33. The van der Waals surface area contributed by atoms with Crippen LogP contribution >= 0.6 is 0 Å². The molecule has 0 spiro atoms. The van der Waals surface area contributed by atoms with Crippen molar-refractivity contribution >= 4 is 0 Å². The normalized spacial score (nSPS) is 8.13. The summed E-state index contributed by atoms with van der Waals surface area (Å²) in [5, 5.41) is 0. The van der Waals surface area contributed by atoms with Crippen molar-refractivity contribution in [3.8, 4) is 0 Å². The maximum absolute atomic E-state index is 2.12. The molecule has 0 aliphatic heterocycles. The fraction of sp³-hybridized carbons (Fsp3) is 0.143. The van der Waals surface area contributed by atoms with Crippen LogP contribution in [0.2, 0.25) is 0 Å². The molecular weight excluding hydrogens is 264 g/mol. The molecule has 0 aromatic heterocycles. The van der Waals surface area contributed by atoms with Gasteiger partial charge in [0.15, 0.2) is 0 Å². The Morgan fingerprint density at radius 3 is 1.20 bits per heavy atom. The monoisotopic (exact) mass is 282 g/mol. The molecule has 0 fully saturated rings. The van der Waals surface area contributed by atoms with Crippen LogP contribution in [0.3, 0.4) is 0 Å². The average molecular weight is 280 g/mol. The Kier molecular flexibility index (Phi) is 7.95. The van der Waals surface area contributed by atoms with Crippen LogP contribution in [-0.4, -0.2) is 0 Å². The molecule has 0 saturated carbocycles. The molecule has 0 nitrogen and oxygen atoms in total. The third-order valence-electron chi connectivity index (χ3n) is 1.91. The van der Waals surface area contributed by atoms with Gasteiger partial charge in [0.2, 0.25) is 0 Å². The van der Waals surface area contributed by atoms with Crippen LogP contribution in [0.1, 0.15) is 19.4 Å². The maximum atomic E-state index is 2.12. The van der Waals surface area contributed by atoms with E-state index in [-0.39, 0.29) is 21.1 Å². The Bertz CT molecular complexity index is 282. The van der Waals surface area contributed by atoms with Gasteiger partial charge in [0.05, 0.1) is 0 Å². The summed E-state index contributed by atoms with van der Waals surface area (Å²) in [5.41, 5.74) is 1.35. The minimum Gasteiger partial charge on any atom is -0.302 e. The summed E-state index contributed by atoms with van der Waals surface area (Å²) in [4.78, 5) is 0. The van der Waals surface area contributed by atoms with E-state index in [1.807, 2.05) is 36.4 Å². The molecular formula is C14H16Mo-2. The Balaban J connectivity index is 0.000000253. The quantitative estimate of drug-likeness (QED) is 0.546. The third-order valence-corrected chi connectivity index (χ3v) is 1.91. The van der Waals surface area contributed by atoms with Gasteiger partial charge in [-0.15, -0.1) is 13.8 Å². The molecule has 0 bridgehead atoms. The van der Waals surface area contributed by atoms with Crippen LogP contribution in [0.4, 0.5) is 0 Å². The summed E-state index contributed by atoms with van der Waals surface area (Å²) in [7, 11) is 0. The molecule has 15 heavy (non-hydrogen) atoms. The van der Waals surface area contributed by atoms with Gasteiger partial charge in [0.1, 0.15) is 0 Å². The van der Waals surface area contributed by atoms with Crippen molar-refractivity contribution in [1.29, 1.82) is 0 Å². The number of rotatable bonds is 1. The van der Waals surface area contributed by atoms with Crippen molar-refractivity contribution in [2.45, 2.75) is 13.8 Å². The van der Waals surface area contributed by atoms with Crippen LogP contribution in [0.15, 0.2) is 60.7 Å². The van der Waals surface area contributed by atoms with Gasteiger partial charge in [-0.2, -0.15) is 0 Å². The summed E-state index contributed by atoms with van der Waals surface area (Å²) in [6.45, 7) is 4.24. The molecule has 80 valence electrons. The van der Waals surface area contributed by atoms with E-state index < -0.39 is 0 Å². The van der Waals surface area contributed by atoms with Crippen LogP contribution in [0.5, 0.6) is 0 Å². The van der Waals surface area contributed by atoms with Crippen molar-refractivity contribution in [2.75, 3.05) is 0 Å². The van der Waals surface area contributed by atoms with Gasteiger partial charge in [-0.1, -0.05) is 36.4 Å². The van der Waals surface area contributed by atoms with Crippen molar-refractivity contribution in [3.63, 3.8) is 0 Å². The van der Waals surface area contributed by atoms with Gasteiger partial charge in [0.25, 0.3) is 0 Å². The molecule has 2 aromatic rings. The van der Waals surface area contributed by atoms with Crippen molar-refractivity contribution in [3.05, 3.63) is 72.1 Å². The second kappa shape index (κ2) is 8.44. The SMILES string of the molecule is C[C-](C)[c-]1cccc1.[Mo].c1ccccc1. The van der Waals surface area contributed by atoms with Crippen LogP contribution < -0.4 is 0 Å². The number of hydrogen-bond donors (Lipinski definition) is 0. The van der Waals surface area contributed by atoms with Gasteiger partial charge in [0, 0.05) is 21.1 Å². The first-order chi connectivity index (χ1) is 6.80. The summed E-state index contributed by atoms with van der Waals surface area (Å²) in [6.07, 6.45) is 0. The largest absolute Gasteiger partial charge is 0.302 e. The Morgan fingerprint density at radius 2 is 1.00 bits per heavy atom. The Hall–Kier alpha value is -0.872. The summed E-state index contributed by atoms with van der Waals surface area (Å²) >= 11 is 0. The van der Waals surface area contributed by atoms with E-state index in [0.717, 1.165) is 0 Å². The first-order valence-electron chi connectivity index (χ1n) is 4.83. The zero-order chi connectivity index (χ0) is 10.2. The molecule has 0 aliphatic carbocycles. The van der Waals surface area contributed by atoms with Gasteiger partial charge in [-0.25, -0.2) is 5.92 Å². The summed E-state index contributed by atoms with van der Waals surface area (Å²) in [6, 6.07) is 20.4. The molecule has 0 unspecified atom stereocenters. The van der Waals surface area contributed by atoms with E-state index in [4.69, 9.17) is 0 Å². The Labute approximate surface area is 107 Å². The van der Waals surface area contributed by atoms with Gasteiger partial charge in [-0.3, -0.25) is 24.3 Å². The standard InChI is InChI=1S/C8H10.C6H6.Mo/c1-7(2)8-5-3-4-6-8;1-2-4-6-5-3-1;/h3-6H,1-2H3;1-6H;/q-2;;. The summed E-state index contributed by atoms with van der Waals surface area (Å²) < 4.78 is 0.